The van der Waals surface area contributed by atoms with Crippen molar-refractivity contribution in [2.75, 3.05) is 41.6 Å². The smallest absolute Gasteiger partial charge is 0.319 e. The molecule has 0 aliphatic carbocycles. The van der Waals surface area contributed by atoms with Gasteiger partial charge in [-0.2, -0.15) is 0 Å². The van der Waals surface area contributed by atoms with E-state index >= 15 is 0 Å². The van der Waals surface area contributed by atoms with Crippen molar-refractivity contribution in [3.05, 3.63) is 191 Å². The van der Waals surface area contributed by atoms with Crippen LogP contribution in [0, 0.1) is 0 Å². The first-order valence-electron chi connectivity index (χ1n) is 23.0. The number of carboxylic acid groups (broad SMARTS) is 1. The lowest BCUT2D eigenvalue weighted by molar-refractivity contribution is -0.136. The molecule has 6 aromatic rings. The molecule has 0 aliphatic rings. The molecular weight excluding hydrogens is 845 g/mol. The fraction of sp³-hybridized carbons (Fsp3) is 0.321. The number of carbonyl (C=O) groups excluding carboxylic acids is 1. The molecule has 1 amide bonds. The summed E-state index contributed by atoms with van der Waals surface area (Å²) in [6.45, 7) is 0.0331. The van der Waals surface area contributed by atoms with E-state index in [9.17, 15) is 9.59 Å². The molecule has 0 saturated carbocycles. The van der Waals surface area contributed by atoms with Crippen LogP contribution >= 0.6 is 0 Å². The van der Waals surface area contributed by atoms with E-state index in [1.807, 2.05) is 84.9 Å². The molecular formula is C56H66N2O9. The molecule has 6 rings (SSSR count). The van der Waals surface area contributed by atoms with Crippen LogP contribution in [0.25, 0.3) is 0 Å². The summed E-state index contributed by atoms with van der Waals surface area (Å²) in [7, 11) is 6.70. The Morgan fingerprint density at radius 3 is 1.03 bits per heavy atom. The molecule has 0 aromatic heterocycles. The number of amides is 1. The number of benzene rings is 6. The Morgan fingerprint density at radius 2 is 0.731 bits per heavy atom. The molecule has 67 heavy (non-hydrogen) atoms. The topological polar surface area (TPSA) is 145 Å². The highest BCUT2D eigenvalue weighted by molar-refractivity contribution is 5.76. The number of nitrogens with one attached hydrogen (secondary N) is 2. The number of carboxylic acids is 1. The zero-order valence-corrected chi connectivity index (χ0v) is 39.2. The number of aliphatic carboxylic acids is 1. The number of carbonyl (C=O) groups is 2. The van der Waals surface area contributed by atoms with E-state index < -0.39 is 17.2 Å². The van der Waals surface area contributed by atoms with Gasteiger partial charge in [-0.05, 0) is 94.8 Å². The molecule has 354 valence electrons. The van der Waals surface area contributed by atoms with Crippen molar-refractivity contribution >= 4 is 11.9 Å². The Bertz CT molecular complexity index is 2090. The Balaban J connectivity index is 0.000000356. The summed E-state index contributed by atoms with van der Waals surface area (Å²) in [6, 6.07) is 53.1. The molecule has 11 nitrogen and oxygen atoms in total. The van der Waals surface area contributed by atoms with Crippen LogP contribution < -0.4 is 29.8 Å². The van der Waals surface area contributed by atoms with E-state index in [-0.39, 0.29) is 12.5 Å². The molecule has 0 heterocycles. The van der Waals surface area contributed by atoms with Crippen LogP contribution in [-0.4, -0.2) is 63.7 Å². The Hall–Kier alpha value is -6.66. The summed E-state index contributed by atoms with van der Waals surface area (Å²) in [4.78, 5) is 21.5. The molecule has 4 N–H and O–H groups in total. The molecule has 6 aromatic carbocycles. The van der Waals surface area contributed by atoms with Gasteiger partial charge in [-0.3, -0.25) is 15.0 Å². The van der Waals surface area contributed by atoms with Crippen molar-refractivity contribution in [3.63, 3.8) is 0 Å². The molecule has 0 spiro atoms. The summed E-state index contributed by atoms with van der Waals surface area (Å²) >= 11 is 0. The van der Waals surface area contributed by atoms with Crippen molar-refractivity contribution in [2.24, 2.45) is 0 Å². The maximum atomic E-state index is 11.3. The zero-order chi connectivity index (χ0) is 47.7. The lowest BCUT2D eigenvalue weighted by atomic mass is 9.75. The van der Waals surface area contributed by atoms with Gasteiger partial charge in [0.2, 0.25) is 5.91 Å². The monoisotopic (exact) mass is 910 g/mol. The molecule has 0 radical (unpaired) electrons. The summed E-state index contributed by atoms with van der Waals surface area (Å²) in [6.07, 6.45) is 10.3. The molecule has 0 saturated heterocycles. The maximum absolute atomic E-state index is 11.3. The van der Waals surface area contributed by atoms with Crippen LogP contribution in [0.5, 0.6) is 23.0 Å². The maximum Gasteiger partial charge on any atom is 0.319 e. The second kappa shape index (κ2) is 27.1. The van der Waals surface area contributed by atoms with E-state index in [1.165, 1.54) is 25.7 Å². The Labute approximate surface area is 396 Å². The number of rotatable bonds is 26. The minimum Gasteiger partial charge on any atom is -0.497 e. The number of hydrogen-bond donors (Lipinski definition) is 4. The number of aliphatic hydroxyl groups excluding tert-OH is 1. The van der Waals surface area contributed by atoms with Gasteiger partial charge in [-0.1, -0.05) is 154 Å². The lowest BCUT2D eigenvalue weighted by Crippen LogP contribution is -2.44. The summed E-state index contributed by atoms with van der Waals surface area (Å²) in [5, 5.41) is 17.0. The predicted octanol–water partition coefficient (Wildman–Crippen LogP) is 10.6. The fourth-order valence-electron chi connectivity index (χ4n) is 8.15. The Morgan fingerprint density at radius 1 is 0.433 bits per heavy atom. The third-order valence-electron chi connectivity index (χ3n) is 11.7. The quantitative estimate of drug-likeness (QED) is 0.0236. The summed E-state index contributed by atoms with van der Waals surface area (Å²) < 4.78 is 30.5. The van der Waals surface area contributed by atoms with Gasteiger partial charge in [0, 0.05) is 13.0 Å². The van der Waals surface area contributed by atoms with E-state index in [1.54, 1.807) is 28.4 Å². The first-order chi connectivity index (χ1) is 32.7. The van der Waals surface area contributed by atoms with E-state index in [0.29, 0.717) is 13.0 Å². The number of aliphatic hydroxyl groups is 1. The molecule has 0 bridgehead atoms. The second-order valence-electron chi connectivity index (χ2n) is 16.1. The van der Waals surface area contributed by atoms with Crippen LogP contribution in [0.3, 0.4) is 0 Å². The number of hydrogen-bond acceptors (Lipinski definition) is 9. The second-order valence-corrected chi connectivity index (χ2v) is 16.1. The fourth-order valence-corrected chi connectivity index (χ4v) is 8.15. The average Bonchev–Trinajstić information content (AvgIpc) is 3.38. The van der Waals surface area contributed by atoms with E-state index in [2.05, 4.69) is 83.6 Å². The highest BCUT2D eigenvalue weighted by Crippen LogP contribution is 2.52. The van der Waals surface area contributed by atoms with Crippen molar-refractivity contribution in [2.45, 2.75) is 75.4 Å². The van der Waals surface area contributed by atoms with Crippen molar-refractivity contribution in [1.29, 1.82) is 0 Å². The number of hydrazine groups is 1. The number of unbranched alkanes of at least 4 members (excludes halogenated alkanes) is 8. The van der Waals surface area contributed by atoms with Gasteiger partial charge < -0.3 is 33.9 Å². The summed E-state index contributed by atoms with van der Waals surface area (Å²) in [5.41, 5.74) is 8.07. The Kier molecular flexibility index (Phi) is 20.8. The van der Waals surface area contributed by atoms with Crippen molar-refractivity contribution in [3.8, 4) is 23.0 Å². The number of ether oxygens (including phenoxy) is 5. The van der Waals surface area contributed by atoms with Crippen LogP contribution in [0.15, 0.2) is 158 Å². The first kappa shape index (κ1) is 51.3. The molecule has 0 atom stereocenters. The highest BCUT2D eigenvalue weighted by atomic mass is 16.5. The van der Waals surface area contributed by atoms with Gasteiger partial charge in [0.05, 0.1) is 28.4 Å². The summed E-state index contributed by atoms with van der Waals surface area (Å²) in [5.74, 6) is 1.87. The van der Waals surface area contributed by atoms with Crippen LogP contribution in [-0.2, 0) is 25.5 Å². The minimum atomic E-state index is -1.13. The van der Waals surface area contributed by atoms with Crippen molar-refractivity contribution in [1.82, 2.24) is 10.9 Å². The largest absolute Gasteiger partial charge is 0.497 e. The van der Waals surface area contributed by atoms with Gasteiger partial charge in [0.1, 0.15) is 40.7 Å². The average molecular weight is 911 g/mol. The SMILES string of the molecule is COc1ccc(C(OC(c2ccccc2)(c2ccc(OC)cc2)c2ccc(OC)cc2)(c2ccccc2)c2ccc(OC)cc2)cc1.O=C(O)CNNC(=O)CCCCCCCCCCCO. The number of methoxy groups -OCH3 is 4. The zero-order valence-electron chi connectivity index (χ0n) is 39.2. The van der Waals surface area contributed by atoms with Gasteiger partial charge >= 0.3 is 5.97 Å². The highest BCUT2D eigenvalue weighted by Gasteiger charge is 2.49. The van der Waals surface area contributed by atoms with Gasteiger partial charge in [0.25, 0.3) is 0 Å². The normalized spacial score (nSPS) is 11.2. The lowest BCUT2D eigenvalue weighted by Gasteiger charge is -2.46. The van der Waals surface area contributed by atoms with Gasteiger partial charge in [-0.25, -0.2) is 5.43 Å². The van der Waals surface area contributed by atoms with Gasteiger partial charge in [0.15, 0.2) is 0 Å². The standard InChI is InChI=1S/C42H38O5.C14H28N2O4/c1-43-37-23-15-33(16-24-37)41(31-11-7-5-8-12-31,34-17-25-38(44-2)26-18-34)47-42(32-13-9-6-10-14-32,35-19-27-39(45-3)28-20-35)36-21-29-40(46-4)30-22-36;17-11-9-7-5-3-1-2-4-6-8-10-13(18)16-15-12-14(19)20/h5-30H,1-4H3;15,17H,1-12H2,(H,16,18)(H,19,20). The van der Waals surface area contributed by atoms with Gasteiger partial charge in [-0.15, -0.1) is 0 Å². The van der Waals surface area contributed by atoms with Crippen LogP contribution in [0.1, 0.15) is 97.6 Å². The predicted molar refractivity (Wildman–Crippen MR) is 263 cm³/mol. The van der Waals surface area contributed by atoms with E-state index in [4.69, 9.17) is 33.9 Å². The van der Waals surface area contributed by atoms with E-state index in [0.717, 1.165) is 88.5 Å². The molecule has 0 fully saturated rings. The molecule has 11 heteroatoms. The van der Waals surface area contributed by atoms with Crippen LogP contribution in [0.4, 0.5) is 0 Å². The molecule has 0 aliphatic heterocycles. The van der Waals surface area contributed by atoms with Crippen molar-refractivity contribution < 1.29 is 43.5 Å². The third kappa shape index (κ3) is 14.2. The molecule has 0 unspecified atom stereocenters. The minimum absolute atomic E-state index is 0.157. The first-order valence-corrected chi connectivity index (χ1v) is 23.0. The third-order valence-corrected chi connectivity index (χ3v) is 11.7. The van der Waals surface area contributed by atoms with Crippen LogP contribution in [0.2, 0.25) is 0 Å².